The molecule has 1 atom stereocenters. The van der Waals surface area contributed by atoms with Crippen molar-refractivity contribution in [2.75, 3.05) is 32.7 Å². The van der Waals surface area contributed by atoms with E-state index in [-0.39, 0.29) is 11.9 Å². The monoisotopic (exact) mass is 382 g/mol. The summed E-state index contributed by atoms with van der Waals surface area (Å²) in [5.41, 5.74) is 3.67. The van der Waals surface area contributed by atoms with Gasteiger partial charge in [0.05, 0.1) is 31.1 Å². The first-order valence-electron chi connectivity index (χ1n) is 9.31. The molecule has 1 aromatic rings. The number of likely N-dealkylation sites (N-methyl/N-ethyl adjacent to an activating group) is 1. The SMILES string of the molecule is CCNC(=O)[C@@H](C)[NH+]1CCN(S(=O)(=O)c2c(C)c(C)cc(C)c2C)CC1. The highest BCUT2D eigenvalue weighted by molar-refractivity contribution is 7.89. The lowest BCUT2D eigenvalue weighted by atomic mass is 10.0. The van der Waals surface area contributed by atoms with Crippen molar-refractivity contribution in [3.8, 4) is 0 Å². The molecule has 1 heterocycles. The van der Waals surface area contributed by atoms with Gasteiger partial charge >= 0.3 is 0 Å². The van der Waals surface area contributed by atoms with E-state index in [0.717, 1.165) is 27.2 Å². The molecule has 1 amide bonds. The van der Waals surface area contributed by atoms with Gasteiger partial charge in [0.1, 0.15) is 0 Å². The van der Waals surface area contributed by atoms with Crippen LogP contribution in [-0.4, -0.2) is 57.4 Å². The van der Waals surface area contributed by atoms with Crippen LogP contribution in [0.5, 0.6) is 0 Å². The molecule has 0 spiro atoms. The van der Waals surface area contributed by atoms with Gasteiger partial charge in [-0.2, -0.15) is 4.31 Å². The second-order valence-corrected chi connectivity index (χ2v) is 9.14. The second-order valence-electron chi connectivity index (χ2n) is 7.27. The number of aryl methyl sites for hydroxylation is 2. The molecule has 26 heavy (non-hydrogen) atoms. The van der Waals surface area contributed by atoms with E-state index in [4.69, 9.17) is 0 Å². The van der Waals surface area contributed by atoms with Crippen LogP contribution in [-0.2, 0) is 14.8 Å². The van der Waals surface area contributed by atoms with Crippen molar-refractivity contribution in [2.24, 2.45) is 0 Å². The van der Waals surface area contributed by atoms with Gasteiger partial charge in [-0.25, -0.2) is 8.42 Å². The lowest BCUT2D eigenvalue weighted by Gasteiger charge is -2.34. The van der Waals surface area contributed by atoms with E-state index in [1.54, 1.807) is 4.31 Å². The molecule has 146 valence electrons. The highest BCUT2D eigenvalue weighted by Crippen LogP contribution is 2.28. The normalized spacial score (nSPS) is 17.9. The molecule has 1 saturated heterocycles. The molecule has 0 saturated carbocycles. The Bertz CT molecular complexity index is 755. The molecule has 0 unspecified atom stereocenters. The smallest absolute Gasteiger partial charge is 0.278 e. The van der Waals surface area contributed by atoms with Crippen molar-refractivity contribution in [3.05, 3.63) is 28.3 Å². The average molecular weight is 383 g/mol. The fourth-order valence-electron chi connectivity index (χ4n) is 3.66. The highest BCUT2D eigenvalue weighted by Gasteiger charge is 2.35. The fourth-order valence-corrected chi connectivity index (χ4v) is 5.67. The number of benzene rings is 1. The van der Waals surface area contributed by atoms with Gasteiger partial charge in [0.15, 0.2) is 6.04 Å². The van der Waals surface area contributed by atoms with Gasteiger partial charge in [0, 0.05) is 6.54 Å². The largest absolute Gasteiger partial charge is 0.351 e. The van der Waals surface area contributed by atoms with Crippen molar-refractivity contribution in [1.29, 1.82) is 0 Å². The van der Waals surface area contributed by atoms with E-state index < -0.39 is 10.0 Å². The Morgan fingerprint density at radius 2 is 1.65 bits per heavy atom. The molecule has 1 aromatic carbocycles. The number of hydrogen-bond donors (Lipinski definition) is 2. The number of amides is 1. The number of sulfonamides is 1. The zero-order valence-corrected chi connectivity index (χ0v) is 17.6. The van der Waals surface area contributed by atoms with Crippen molar-refractivity contribution in [2.45, 2.75) is 52.5 Å². The molecule has 6 nitrogen and oxygen atoms in total. The Morgan fingerprint density at radius 1 is 1.15 bits per heavy atom. The molecular weight excluding hydrogens is 350 g/mol. The average Bonchev–Trinajstić information content (AvgIpc) is 2.59. The summed E-state index contributed by atoms with van der Waals surface area (Å²) >= 11 is 0. The van der Waals surface area contributed by atoms with E-state index in [1.165, 1.54) is 0 Å². The minimum absolute atomic E-state index is 0.0276. The summed E-state index contributed by atoms with van der Waals surface area (Å²) in [6, 6.07) is 1.88. The fraction of sp³-hybridized carbons (Fsp3) is 0.632. The van der Waals surface area contributed by atoms with Gasteiger partial charge in [-0.15, -0.1) is 0 Å². The van der Waals surface area contributed by atoms with E-state index in [0.29, 0.717) is 37.6 Å². The number of rotatable bonds is 5. The van der Waals surface area contributed by atoms with Crippen molar-refractivity contribution >= 4 is 15.9 Å². The quantitative estimate of drug-likeness (QED) is 0.771. The molecule has 2 N–H and O–H groups in total. The number of hydrogen-bond acceptors (Lipinski definition) is 3. The van der Waals surface area contributed by atoms with Crippen LogP contribution >= 0.6 is 0 Å². The Kier molecular flexibility index (Phi) is 6.47. The number of nitrogens with zero attached hydrogens (tertiary/aromatic N) is 1. The highest BCUT2D eigenvalue weighted by atomic mass is 32.2. The van der Waals surface area contributed by atoms with Gasteiger partial charge in [-0.3, -0.25) is 4.79 Å². The minimum Gasteiger partial charge on any atom is -0.351 e. The molecule has 1 aliphatic heterocycles. The van der Waals surface area contributed by atoms with Gasteiger partial charge in [0.25, 0.3) is 5.91 Å². The van der Waals surface area contributed by atoms with Crippen molar-refractivity contribution in [3.63, 3.8) is 0 Å². The first kappa shape index (κ1) is 20.9. The van der Waals surface area contributed by atoms with E-state index in [9.17, 15) is 13.2 Å². The Morgan fingerprint density at radius 3 is 2.12 bits per heavy atom. The lowest BCUT2D eigenvalue weighted by Crippen LogP contribution is -3.19. The van der Waals surface area contributed by atoms with Gasteiger partial charge < -0.3 is 10.2 Å². The first-order chi connectivity index (χ1) is 12.1. The van der Waals surface area contributed by atoms with Crippen LogP contribution < -0.4 is 10.2 Å². The maximum absolute atomic E-state index is 13.3. The molecule has 2 rings (SSSR count). The summed E-state index contributed by atoms with van der Waals surface area (Å²) in [5, 5.41) is 2.85. The van der Waals surface area contributed by atoms with Gasteiger partial charge in [-0.05, 0) is 63.8 Å². The van der Waals surface area contributed by atoms with E-state index in [1.807, 2.05) is 47.6 Å². The molecule has 1 fully saturated rings. The molecule has 0 aliphatic carbocycles. The number of nitrogens with one attached hydrogen (secondary N) is 2. The van der Waals surface area contributed by atoms with Crippen LogP contribution in [0, 0.1) is 27.7 Å². The number of carbonyl (C=O) groups is 1. The zero-order chi connectivity index (χ0) is 19.6. The van der Waals surface area contributed by atoms with Crippen molar-refractivity contribution in [1.82, 2.24) is 9.62 Å². The third-order valence-electron chi connectivity index (χ3n) is 5.62. The van der Waals surface area contributed by atoms with Gasteiger partial charge in [-0.1, -0.05) is 6.07 Å². The van der Waals surface area contributed by atoms with Crippen LogP contribution in [0.4, 0.5) is 0 Å². The van der Waals surface area contributed by atoms with Gasteiger partial charge in [0.2, 0.25) is 10.0 Å². The lowest BCUT2D eigenvalue weighted by molar-refractivity contribution is -0.917. The Balaban J connectivity index is 2.20. The maximum Gasteiger partial charge on any atom is 0.278 e. The predicted octanol–water partition coefficient (Wildman–Crippen LogP) is 0.334. The molecule has 1 aliphatic rings. The zero-order valence-electron chi connectivity index (χ0n) is 16.8. The van der Waals surface area contributed by atoms with Crippen LogP contribution in [0.1, 0.15) is 36.1 Å². The predicted molar refractivity (Wildman–Crippen MR) is 103 cm³/mol. The van der Waals surface area contributed by atoms with Crippen LogP contribution in [0.3, 0.4) is 0 Å². The molecule has 7 heteroatoms. The first-order valence-corrected chi connectivity index (χ1v) is 10.7. The third kappa shape index (κ3) is 3.94. The molecular formula is C19H32N3O3S+. The summed E-state index contributed by atoms with van der Waals surface area (Å²) in [7, 11) is -3.53. The number of piperazine rings is 1. The second kappa shape index (κ2) is 8.06. The summed E-state index contributed by atoms with van der Waals surface area (Å²) in [5.74, 6) is 0.0276. The summed E-state index contributed by atoms with van der Waals surface area (Å²) < 4.78 is 28.1. The molecule has 0 aromatic heterocycles. The minimum atomic E-state index is -3.53. The van der Waals surface area contributed by atoms with E-state index >= 15 is 0 Å². The van der Waals surface area contributed by atoms with E-state index in [2.05, 4.69) is 5.32 Å². The Labute approximate surface area is 157 Å². The standard InChI is InChI=1S/C19H31N3O3S/c1-7-20-19(23)17(6)21-8-10-22(11-9-21)26(24,25)18-15(4)13(2)12-14(3)16(18)5/h12,17H,7-11H2,1-6H3,(H,20,23)/p+1/t17-/m1/s1. The summed E-state index contributed by atoms with van der Waals surface area (Å²) in [6.07, 6.45) is 0. The van der Waals surface area contributed by atoms with Crippen LogP contribution in [0.15, 0.2) is 11.0 Å². The Hall–Kier alpha value is -1.44. The summed E-state index contributed by atoms with van der Waals surface area (Å²) in [4.78, 5) is 13.6. The van der Waals surface area contributed by atoms with Crippen LogP contribution in [0.2, 0.25) is 0 Å². The topological polar surface area (TPSA) is 70.9 Å². The third-order valence-corrected chi connectivity index (χ3v) is 7.79. The number of quaternary nitrogens is 1. The van der Waals surface area contributed by atoms with Crippen molar-refractivity contribution < 1.29 is 18.1 Å². The molecule has 0 radical (unpaired) electrons. The maximum atomic E-state index is 13.3. The summed E-state index contributed by atoms with van der Waals surface area (Å²) in [6.45, 7) is 14.2. The molecule has 0 bridgehead atoms. The number of carbonyl (C=O) groups excluding carboxylic acids is 1. The van der Waals surface area contributed by atoms with Crippen LogP contribution in [0.25, 0.3) is 0 Å².